The van der Waals surface area contributed by atoms with Gasteiger partial charge in [0.1, 0.15) is 0 Å². The molecular formula is C14H30O5Si. The Balaban J connectivity index is 4.72. The molecule has 5 nitrogen and oxygen atoms in total. The highest BCUT2D eigenvalue weighted by Gasteiger charge is 2.43. The molecule has 0 N–H and O–H groups in total. The average Bonchev–Trinajstić information content (AvgIpc) is 2.20. The van der Waals surface area contributed by atoms with Crippen LogP contribution in [0.5, 0.6) is 0 Å². The van der Waals surface area contributed by atoms with E-state index in [9.17, 15) is 4.79 Å². The van der Waals surface area contributed by atoms with Crippen LogP contribution in [0.1, 0.15) is 54.9 Å². The van der Waals surface area contributed by atoms with Crippen molar-refractivity contribution in [3.8, 4) is 0 Å². The number of esters is 1. The van der Waals surface area contributed by atoms with E-state index < -0.39 is 8.80 Å². The van der Waals surface area contributed by atoms with Crippen molar-refractivity contribution < 1.29 is 22.8 Å². The fraction of sp³-hybridized carbons (Fsp3) is 0.929. The van der Waals surface area contributed by atoms with E-state index in [4.69, 9.17) is 18.0 Å². The van der Waals surface area contributed by atoms with E-state index in [2.05, 4.69) is 0 Å². The Kier molecular flexibility index (Phi) is 9.29. The largest absolute Gasteiger partial charge is 0.501 e. The molecule has 0 bridgehead atoms. The van der Waals surface area contributed by atoms with Gasteiger partial charge in [-0.05, 0) is 48.0 Å². The third-order valence-corrected chi connectivity index (χ3v) is 5.64. The van der Waals surface area contributed by atoms with Gasteiger partial charge in [-0.1, -0.05) is 0 Å². The molecule has 0 aromatic heterocycles. The Morgan fingerprint density at radius 1 is 0.900 bits per heavy atom. The van der Waals surface area contributed by atoms with E-state index in [1.54, 1.807) is 0 Å². The van der Waals surface area contributed by atoms with Gasteiger partial charge in [-0.3, -0.25) is 4.79 Å². The molecule has 120 valence electrons. The van der Waals surface area contributed by atoms with E-state index in [1.807, 2.05) is 41.5 Å². The molecule has 0 saturated carbocycles. The number of ether oxygens (including phenoxy) is 1. The van der Waals surface area contributed by atoms with E-state index in [1.165, 1.54) is 6.92 Å². The lowest BCUT2D eigenvalue weighted by atomic mass is 10.5. The van der Waals surface area contributed by atoms with Crippen molar-refractivity contribution in [1.82, 2.24) is 0 Å². The molecule has 0 amide bonds. The first-order valence-corrected chi connectivity index (χ1v) is 9.27. The normalized spacial score (nSPS) is 12.5. The molecule has 6 heteroatoms. The molecule has 0 aliphatic carbocycles. The first kappa shape index (κ1) is 19.6. The van der Waals surface area contributed by atoms with Gasteiger partial charge in [0.15, 0.2) is 0 Å². The number of carbonyl (C=O) groups excluding carboxylic acids is 1. The van der Waals surface area contributed by atoms with Gasteiger partial charge in [0.05, 0.1) is 6.61 Å². The van der Waals surface area contributed by atoms with Crippen molar-refractivity contribution in [2.75, 3.05) is 6.61 Å². The Labute approximate surface area is 124 Å². The van der Waals surface area contributed by atoms with Crippen molar-refractivity contribution >= 4 is 14.8 Å². The lowest BCUT2D eigenvalue weighted by molar-refractivity contribution is -0.141. The van der Waals surface area contributed by atoms with Crippen LogP contribution in [0.3, 0.4) is 0 Å². The van der Waals surface area contributed by atoms with Crippen molar-refractivity contribution in [2.45, 2.75) is 79.2 Å². The van der Waals surface area contributed by atoms with Crippen LogP contribution in [-0.4, -0.2) is 39.7 Å². The van der Waals surface area contributed by atoms with Gasteiger partial charge in [-0.25, -0.2) is 0 Å². The molecule has 0 heterocycles. The number of carbonyl (C=O) groups is 1. The van der Waals surface area contributed by atoms with Crippen molar-refractivity contribution in [2.24, 2.45) is 0 Å². The number of hydrogen-bond donors (Lipinski definition) is 0. The van der Waals surface area contributed by atoms with Crippen molar-refractivity contribution in [3.63, 3.8) is 0 Å². The summed E-state index contributed by atoms with van der Waals surface area (Å²) in [6.45, 7) is 13.6. The molecule has 0 spiro atoms. The second-order valence-corrected chi connectivity index (χ2v) is 8.20. The molecule has 0 radical (unpaired) electrons. The molecule has 0 aliphatic rings. The molecule has 0 rings (SSSR count). The lowest BCUT2D eigenvalue weighted by Gasteiger charge is -2.34. The predicted octanol–water partition coefficient (Wildman–Crippen LogP) is 3.15. The minimum atomic E-state index is -2.75. The highest BCUT2D eigenvalue weighted by molar-refractivity contribution is 6.60. The van der Waals surface area contributed by atoms with Gasteiger partial charge < -0.3 is 18.0 Å². The standard InChI is InChI=1S/C14H30O5Si/c1-11(2)17-20(18-12(3)4,19-13(5)6)10-8-9-16-14(7)15/h11-13H,8-10H2,1-7H3. The second kappa shape index (κ2) is 9.49. The first-order valence-electron chi connectivity index (χ1n) is 7.33. The van der Waals surface area contributed by atoms with E-state index in [0.717, 1.165) is 0 Å². The smallest absolute Gasteiger partial charge is 0.466 e. The Hall–Kier alpha value is -0.433. The van der Waals surface area contributed by atoms with Gasteiger partial charge in [0.2, 0.25) is 0 Å². The Morgan fingerprint density at radius 2 is 1.30 bits per heavy atom. The summed E-state index contributed by atoms with van der Waals surface area (Å²) in [4.78, 5) is 10.8. The Morgan fingerprint density at radius 3 is 1.60 bits per heavy atom. The zero-order valence-electron chi connectivity index (χ0n) is 13.9. The molecular weight excluding hydrogens is 276 g/mol. The van der Waals surface area contributed by atoms with Gasteiger partial charge in [-0.2, -0.15) is 0 Å². The maximum absolute atomic E-state index is 10.8. The molecule has 0 atom stereocenters. The van der Waals surface area contributed by atoms with Crippen LogP contribution in [0, 0.1) is 0 Å². The second-order valence-electron chi connectivity index (χ2n) is 5.63. The van der Waals surface area contributed by atoms with Crippen LogP contribution >= 0.6 is 0 Å². The fourth-order valence-electron chi connectivity index (χ4n) is 1.84. The maximum atomic E-state index is 10.8. The van der Waals surface area contributed by atoms with Crippen LogP contribution in [0.25, 0.3) is 0 Å². The van der Waals surface area contributed by atoms with E-state index in [0.29, 0.717) is 19.1 Å². The summed E-state index contributed by atoms with van der Waals surface area (Å²) in [7, 11) is -2.75. The highest BCUT2D eigenvalue weighted by Crippen LogP contribution is 2.23. The molecule has 0 unspecified atom stereocenters. The molecule has 0 aliphatic heterocycles. The van der Waals surface area contributed by atoms with Gasteiger partial charge in [0, 0.05) is 31.3 Å². The van der Waals surface area contributed by atoms with Crippen LogP contribution in [-0.2, 0) is 22.8 Å². The summed E-state index contributed by atoms with van der Waals surface area (Å²) < 4.78 is 23.0. The minimum absolute atomic E-state index is 0.0351. The quantitative estimate of drug-likeness (QED) is 0.352. The van der Waals surface area contributed by atoms with Crippen LogP contribution in [0.2, 0.25) is 6.04 Å². The zero-order valence-corrected chi connectivity index (χ0v) is 14.9. The lowest BCUT2D eigenvalue weighted by Crippen LogP contribution is -2.50. The summed E-state index contributed by atoms with van der Waals surface area (Å²) in [5.41, 5.74) is 0. The zero-order chi connectivity index (χ0) is 15.8. The Bertz CT molecular complexity index is 252. The maximum Gasteiger partial charge on any atom is 0.501 e. The van der Waals surface area contributed by atoms with E-state index in [-0.39, 0.29) is 24.3 Å². The molecule has 0 aromatic rings. The molecule has 20 heavy (non-hydrogen) atoms. The summed E-state index contributed by atoms with van der Waals surface area (Å²) in [5.74, 6) is -0.267. The summed E-state index contributed by atoms with van der Waals surface area (Å²) in [6, 6.07) is 0.648. The van der Waals surface area contributed by atoms with Gasteiger partial charge >= 0.3 is 14.8 Å². The molecule has 0 saturated heterocycles. The van der Waals surface area contributed by atoms with Crippen LogP contribution < -0.4 is 0 Å². The third-order valence-electron chi connectivity index (χ3n) is 2.18. The highest BCUT2D eigenvalue weighted by atomic mass is 28.4. The predicted molar refractivity (Wildman–Crippen MR) is 80.5 cm³/mol. The SMILES string of the molecule is CC(=O)OCCC[Si](OC(C)C)(OC(C)C)OC(C)C. The topological polar surface area (TPSA) is 54.0 Å². The van der Waals surface area contributed by atoms with Gasteiger partial charge in [0.25, 0.3) is 0 Å². The summed E-state index contributed by atoms with van der Waals surface area (Å²) in [5, 5.41) is 0. The third kappa shape index (κ3) is 9.47. The van der Waals surface area contributed by atoms with Crippen molar-refractivity contribution in [3.05, 3.63) is 0 Å². The number of hydrogen-bond acceptors (Lipinski definition) is 5. The first-order chi connectivity index (χ1) is 9.17. The minimum Gasteiger partial charge on any atom is -0.466 e. The van der Waals surface area contributed by atoms with Crippen LogP contribution in [0.4, 0.5) is 0 Å². The molecule has 0 fully saturated rings. The molecule has 0 aromatic carbocycles. The summed E-state index contributed by atoms with van der Waals surface area (Å²) in [6.07, 6.45) is 0.784. The fourth-order valence-corrected chi connectivity index (χ4v) is 5.09. The van der Waals surface area contributed by atoms with Crippen LogP contribution in [0.15, 0.2) is 0 Å². The van der Waals surface area contributed by atoms with Crippen molar-refractivity contribution in [1.29, 1.82) is 0 Å². The number of rotatable bonds is 10. The summed E-state index contributed by atoms with van der Waals surface area (Å²) >= 11 is 0. The monoisotopic (exact) mass is 306 g/mol. The van der Waals surface area contributed by atoms with Gasteiger partial charge in [-0.15, -0.1) is 0 Å². The average molecular weight is 306 g/mol. The van der Waals surface area contributed by atoms with E-state index >= 15 is 0 Å².